The van der Waals surface area contributed by atoms with E-state index in [0.717, 1.165) is 30.4 Å². The first kappa shape index (κ1) is 16.6. The summed E-state index contributed by atoms with van der Waals surface area (Å²) >= 11 is 0. The zero-order valence-corrected chi connectivity index (χ0v) is 14.6. The average molecular weight is 351 g/mol. The number of rotatable bonds is 4. The fraction of sp³-hybridized carbons (Fsp3) is 0.300. The minimum atomic E-state index is -0.385. The molecule has 1 unspecified atom stereocenters. The van der Waals surface area contributed by atoms with Crippen LogP contribution < -0.4 is 10.9 Å². The zero-order chi connectivity index (χ0) is 18.1. The summed E-state index contributed by atoms with van der Waals surface area (Å²) in [6.07, 6.45) is 5.59. The molecule has 134 valence electrons. The van der Waals surface area contributed by atoms with Crippen molar-refractivity contribution < 1.29 is 9.53 Å². The van der Waals surface area contributed by atoms with Gasteiger partial charge in [-0.3, -0.25) is 9.59 Å². The predicted octanol–water partition coefficient (Wildman–Crippen LogP) is 3.07. The molecule has 1 amide bonds. The van der Waals surface area contributed by atoms with Gasteiger partial charge < -0.3 is 19.6 Å². The van der Waals surface area contributed by atoms with Crippen molar-refractivity contribution in [2.45, 2.75) is 32.4 Å². The van der Waals surface area contributed by atoms with E-state index in [2.05, 4.69) is 10.3 Å². The number of carbonyl (C=O) groups is 1. The van der Waals surface area contributed by atoms with Gasteiger partial charge in [0.15, 0.2) is 0 Å². The fourth-order valence-electron chi connectivity index (χ4n) is 3.42. The molecule has 3 aromatic rings. The van der Waals surface area contributed by atoms with Crippen LogP contribution in [0.4, 0.5) is 5.69 Å². The number of carbonyl (C=O) groups excluding carboxylic acids is 1. The molecule has 0 radical (unpaired) electrons. The standard InChI is InChI=1S/C20H21N3O3/c1-13-7-9-23(12-16-3-2-10-26-16)20(25)18(13)19(24)22-15-4-5-17-14(11-15)6-8-21-17/h4-9,11,16,21H,2-3,10,12H2,1H3,(H,22,24). The number of ether oxygens (including phenoxy) is 1. The van der Waals surface area contributed by atoms with E-state index >= 15 is 0 Å². The first-order chi connectivity index (χ1) is 12.6. The van der Waals surface area contributed by atoms with Crippen molar-refractivity contribution >= 4 is 22.5 Å². The lowest BCUT2D eigenvalue weighted by atomic mass is 10.1. The molecule has 6 nitrogen and oxygen atoms in total. The van der Waals surface area contributed by atoms with Crippen LogP contribution in [0.15, 0.2) is 47.5 Å². The van der Waals surface area contributed by atoms with Crippen molar-refractivity contribution in [2.24, 2.45) is 0 Å². The summed E-state index contributed by atoms with van der Waals surface area (Å²) in [6.45, 7) is 3.00. The van der Waals surface area contributed by atoms with Crippen LogP contribution in [0.3, 0.4) is 0 Å². The van der Waals surface area contributed by atoms with Gasteiger partial charge >= 0.3 is 0 Å². The Labute approximate surface area is 150 Å². The van der Waals surface area contributed by atoms with Crippen molar-refractivity contribution in [3.05, 3.63) is 64.2 Å². The largest absolute Gasteiger partial charge is 0.376 e. The van der Waals surface area contributed by atoms with E-state index in [9.17, 15) is 9.59 Å². The highest BCUT2D eigenvalue weighted by molar-refractivity contribution is 6.05. The number of hydrogen-bond donors (Lipinski definition) is 2. The maximum atomic E-state index is 12.8. The van der Waals surface area contributed by atoms with Gasteiger partial charge in [0.1, 0.15) is 5.56 Å². The molecule has 1 fully saturated rings. The predicted molar refractivity (Wildman–Crippen MR) is 101 cm³/mol. The molecular weight excluding hydrogens is 330 g/mol. The third-order valence-electron chi connectivity index (χ3n) is 4.84. The van der Waals surface area contributed by atoms with E-state index in [1.54, 1.807) is 23.8 Å². The number of fused-ring (bicyclic) bond motifs is 1. The lowest BCUT2D eigenvalue weighted by Gasteiger charge is -2.14. The quantitative estimate of drug-likeness (QED) is 0.758. The Balaban J connectivity index is 1.60. The van der Waals surface area contributed by atoms with E-state index in [4.69, 9.17) is 4.74 Å². The number of anilines is 1. The molecule has 1 aliphatic heterocycles. The van der Waals surface area contributed by atoms with Gasteiger partial charge in [0, 0.05) is 35.6 Å². The van der Waals surface area contributed by atoms with E-state index in [1.165, 1.54) is 0 Å². The van der Waals surface area contributed by atoms with Gasteiger partial charge in [-0.15, -0.1) is 0 Å². The summed E-state index contributed by atoms with van der Waals surface area (Å²) in [5.41, 5.74) is 2.23. The second kappa shape index (κ2) is 6.80. The van der Waals surface area contributed by atoms with Gasteiger partial charge in [-0.05, 0) is 55.7 Å². The zero-order valence-electron chi connectivity index (χ0n) is 14.6. The van der Waals surface area contributed by atoms with Crippen LogP contribution in [0, 0.1) is 6.92 Å². The second-order valence-electron chi connectivity index (χ2n) is 6.70. The minimum absolute atomic E-state index is 0.0438. The van der Waals surface area contributed by atoms with E-state index < -0.39 is 0 Å². The highest BCUT2D eigenvalue weighted by atomic mass is 16.5. The molecule has 3 heterocycles. The summed E-state index contributed by atoms with van der Waals surface area (Å²) in [5, 5.41) is 3.85. The number of nitrogens with one attached hydrogen (secondary N) is 2. The lowest BCUT2D eigenvalue weighted by Crippen LogP contribution is -2.32. The van der Waals surface area contributed by atoms with Crippen molar-refractivity contribution in [3.8, 4) is 0 Å². The number of H-pyrrole nitrogens is 1. The first-order valence-electron chi connectivity index (χ1n) is 8.82. The number of aromatic amines is 1. The third kappa shape index (κ3) is 3.15. The topological polar surface area (TPSA) is 76.1 Å². The van der Waals surface area contributed by atoms with Crippen LogP contribution in [-0.4, -0.2) is 28.2 Å². The van der Waals surface area contributed by atoms with Crippen LogP contribution in [0.1, 0.15) is 28.8 Å². The van der Waals surface area contributed by atoms with Crippen molar-refractivity contribution in [3.63, 3.8) is 0 Å². The molecule has 26 heavy (non-hydrogen) atoms. The van der Waals surface area contributed by atoms with E-state index in [0.29, 0.717) is 17.8 Å². The molecule has 0 bridgehead atoms. The minimum Gasteiger partial charge on any atom is -0.376 e. The summed E-state index contributed by atoms with van der Waals surface area (Å²) < 4.78 is 7.18. The summed E-state index contributed by atoms with van der Waals surface area (Å²) in [7, 11) is 0. The summed E-state index contributed by atoms with van der Waals surface area (Å²) in [4.78, 5) is 28.7. The van der Waals surface area contributed by atoms with Gasteiger partial charge in [-0.25, -0.2) is 0 Å². The average Bonchev–Trinajstić information content (AvgIpc) is 3.28. The molecule has 0 saturated carbocycles. The van der Waals surface area contributed by atoms with Crippen LogP contribution in [0.25, 0.3) is 10.9 Å². The highest BCUT2D eigenvalue weighted by Gasteiger charge is 2.20. The maximum absolute atomic E-state index is 12.8. The fourth-order valence-corrected chi connectivity index (χ4v) is 3.42. The molecule has 2 N–H and O–H groups in total. The molecule has 6 heteroatoms. The number of benzene rings is 1. The maximum Gasteiger partial charge on any atom is 0.263 e. The monoisotopic (exact) mass is 351 g/mol. The number of nitrogens with zero attached hydrogens (tertiary/aromatic N) is 1. The molecular formula is C20H21N3O3. The number of amides is 1. The molecule has 0 aliphatic carbocycles. The molecule has 1 aromatic carbocycles. The Morgan fingerprint density at radius 3 is 3.04 bits per heavy atom. The Bertz CT molecular complexity index is 1010. The number of aryl methyl sites for hydroxylation is 1. The highest BCUT2D eigenvalue weighted by Crippen LogP contribution is 2.19. The normalized spacial score (nSPS) is 16.9. The van der Waals surface area contributed by atoms with Crippen molar-refractivity contribution in [1.82, 2.24) is 9.55 Å². The Kier molecular flexibility index (Phi) is 4.34. The van der Waals surface area contributed by atoms with Crippen LogP contribution in [0.5, 0.6) is 0 Å². The third-order valence-corrected chi connectivity index (χ3v) is 4.84. The Morgan fingerprint density at radius 2 is 2.23 bits per heavy atom. The van der Waals surface area contributed by atoms with Crippen molar-refractivity contribution in [1.29, 1.82) is 0 Å². The molecule has 0 spiro atoms. The number of hydrogen-bond acceptors (Lipinski definition) is 3. The lowest BCUT2D eigenvalue weighted by molar-refractivity contribution is 0.0952. The van der Waals surface area contributed by atoms with Gasteiger partial charge in [0.25, 0.3) is 11.5 Å². The van der Waals surface area contributed by atoms with Gasteiger partial charge in [-0.2, -0.15) is 0 Å². The Hall–Kier alpha value is -2.86. The summed E-state index contributed by atoms with van der Waals surface area (Å²) in [6, 6.07) is 9.35. The van der Waals surface area contributed by atoms with E-state index in [-0.39, 0.29) is 23.1 Å². The molecule has 1 aliphatic rings. The second-order valence-corrected chi connectivity index (χ2v) is 6.70. The van der Waals surface area contributed by atoms with Crippen LogP contribution in [-0.2, 0) is 11.3 Å². The van der Waals surface area contributed by atoms with Crippen LogP contribution in [0.2, 0.25) is 0 Å². The summed E-state index contributed by atoms with van der Waals surface area (Å²) in [5.74, 6) is -0.385. The van der Waals surface area contributed by atoms with Crippen LogP contribution >= 0.6 is 0 Å². The molecule has 1 atom stereocenters. The Morgan fingerprint density at radius 1 is 1.35 bits per heavy atom. The number of pyridine rings is 1. The molecule has 2 aromatic heterocycles. The van der Waals surface area contributed by atoms with Crippen molar-refractivity contribution in [2.75, 3.05) is 11.9 Å². The number of aromatic nitrogens is 2. The molecule has 1 saturated heterocycles. The van der Waals surface area contributed by atoms with Gasteiger partial charge in [0.2, 0.25) is 0 Å². The SMILES string of the molecule is Cc1ccn(CC2CCCO2)c(=O)c1C(=O)Nc1ccc2[nH]ccc2c1. The smallest absolute Gasteiger partial charge is 0.263 e. The molecule has 4 rings (SSSR count). The first-order valence-corrected chi connectivity index (χ1v) is 8.82. The van der Waals surface area contributed by atoms with Gasteiger partial charge in [-0.1, -0.05) is 0 Å². The van der Waals surface area contributed by atoms with Gasteiger partial charge in [0.05, 0.1) is 12.6 Å². The van der Waals surface area contributed by atoms with E-state index in [1.807, 2.05) is 30.5 Å².